The number of hydrogen-bond acceptors (Lipinski definition) is 7. The van der Waals surface area contributed by atoms with Gasteiger partial charge in [-0.25, -0.2) is 0 Å². The molecule has 1 N–H and O–H groups in total. The lowest BCUT2D eigenvalue weighted by Gasteiger charge is -2.13. The lowest BCUT2D eigenvalue weighted by molar-refractivity contribution is -0.385. The number of benzene rings is 3. The minimum Gasteiger partial charge on any atom is -0.495 e. The predicted molar refractivity (Wildman–Crippen MR) is 139 cm³/mol. The van der Waals surface area contributed by atoms with Gasteiger partial charge >= 0.3 is 0 Å². The van der Waals surface area contributed by atoms with Crippen LogP contribution in [0.25, 0.3) is 18.2 Å². The number of para-hydroxylation sites is 1. The van der Waals surface area contributed by atoms with E-state index in [1.165, 1.54) is 25.3 Å². The zero-order valence-electron chi connectivity index (χ0n) is 20.3. The number of methoxy groups -OCH3 is 4. The highest BCUT2D eigenvalue weighted by Gasteiger charge is 2.13. The molecule has 0 heterocycles. The molecule has 0 atom stereocenters. The van der Waals surface area contributed by atoms with Crippen LogP contribution in [0.2, 0.25) is 0 Å². The molecule has 3 rings (SSSR count). The summed E-state index contributed by atoms with van der Waals surface area (Å²) in [6.45, 7) is 0. The first-order valence-electron chi connectivity index (χ1n) is 10.8. The molecule has 0 aliphatic rings. The average Bonchev–Trinajstić information content (AvgIpc) is 2.90. The fourth-order valence-electron chi connectivity index (χ4n) is 3.45. The predicted octanol–water partition coefficient (Wildman–Crippen LogP) is 5.45. The summed E-state index contributed by atoms with van der Waals surface area (Å²) in [7, 11) is 6.14. The van der Waals surface area contributed by atoms with E-state index < -0.39 is 10.8 Å². The summed E-state index contributed by atoms with van der Waals surface area (Å²) >= 11 is 0. The summed E-state index contributed by atoms with van der Waals surface area (Å²) in [4.78, 5) is 23.2. The van der Waals surface area contributed by atoms with E-state index in [4.69, 9.17) is 18.9 Å². The van der Waals surface area contributed by atoms with Gasteiger partial charge in [0.05, 0.1) is 44.6 Å². The normalized spacial score (nSPS) is 10.9. The molecule has 0 unspecified atom stereocenters. The fraction of sp³-hybridized carbons (Fsp3) is 0.148. The monoisotopic (exact) mass is 490 g/mol. The van der Waals surface area contributed by atoms with Crippen molar-refractivity contribution < 1.29 is 28.7 Å². The Morgan fingerprint density at radius 2 is 1.44 bits per heavy atom. The number of nitro benzene ring substituents is 1. The van der Waals surface area contributed by atoms with Gasteiger partial charge in [0.2, 0.25) is 11.7 Å². The quantitative estimate of drug-likeness (QED) is 0.174. The van der Waals surface area contributed by atoms with E-state index in [0.717, 1.165) is 11.1 Å². The van der Waals surface area contributed by atoms with Crippen LogP contribution in [0.5, 0.6) is 23.0 Å². The lowest BCUT2D eigenvalue weighted by Crippen LogP contribution is -2.09. The van der Waals surface area contributed by atoms with Gasteiger partial charge in [-0.2, -0.15) is 0 Å². The summed E-state index contributed by atoms with van der Waals surface area (Å²) < 4.78 is 21.5. The first-order valence-corrected chi connectivity index (χ1v) is 10.8. The van der Waals surface area contributed by atoms with Gasteiger partial charge in [-0.1, -0.05) is 30.4 Å². The average molecular weight is 491 g/mol. The molecule has 36 heavy (non-hydrogen) atoms. The van der Waals surface area contributed by atoms with Gasteiger partial charge in [0, 0.05) is 12.1 Å². The minimum absolute atomic E-state index is 0.0851. The molecule has 3 aromatic carbocycles. The Balaban J connectivity index is 1.83. The maximum absolute atomic E-state index is 12.5. The van der Waals surface area contributed by atoms with E-state index in [0.29, 0.717) is 34.2 Å². The van der Waals surface area contributed by atoms with Crippen molar-refractivity contribution in [2.45, 2.75) is 0 Å². The Hall–Kier alpha value is -4.79. The summed E-state index contributed by atoms with van der Waals surface area (Å²) in [6.07, 6.45) is 6.36. The van der Waals surface area contributed by atoms with Crippen molar-refractivity contribution >= 4 is 35.5 Å². The summed E-state index contributed by atoms with van der Waals surface area (Å²) in [5.41, 5.74) is 2.30. The topological polar surface area (TPSA) is 109 Å². The lowest BCUT2D eigenvalue weighted by atomic mass is 10.1. The Morgan fingerprint density at radius 1 is 0.806 bits per heavy atom. The van der Waals surface area contributed by atoms with Gasteiger partial charge in [0.15, 0.2) is 11.5 Å². The molecular weight excluding hydrogens is 464 g/mol. The summed E-state index contributed by atoms with van der Waals surface area (Å²) in [6, 6.07) is 15.1. The van der Waals surface area contributed by atoms with Crippen molar-refractivity contribution in [1.82, 2.24) is 0 Å². The van der Waals surface area contributed by atoms with Gasteiger partial charge < -0.3 is 24.3 Å². The van der Waals surface area contributed by atoms with Gasteiger partial charge in [-0.15, -0.1) is 0 Å². The van der Waals surface area contributed by atoms with E-state index in [2.05, 4.69) is 5.32 Å². The number of ether oxygens (including phenoxy) is 4. The first kappa shape index (κ1) is 25.8. The number of amides is 1. The number of hydrogen-bond donors (Lipinski definition) is 1. The Labute approximate surface area is 208 Å². The van der Waals surface area contributed by atoms with E-state index in [-0.39, 0.29) is 5.69 Å². The molecule has 9 nitrogen and oxygen atoms in total. The summed E-state index contributed by atoms with van der Waals surface area (Å²) in [5, 5.41) is 13.9. The van der Waals surface area contributed by atoms with Crippen molar-refractivity contribution in [2.75, 3.05) is 33.8 Å². The van der Waals surface area contributed by atoms with Crippen molar-refractivity contribution in [2.24, 2.45) is 0 Å². The van der Waals surface area contributed by atoms with Gasteiger partial charge in [0.1, 0.15) is 5.75 Å². The number of rotatable bonds is 10. The molecule has 9 heteroatoms. The molecule has 0 bridgehead atoms. The van der Waals surface area contributed by atoms with Crippen molar-refractivity contribution in [1.29, 1.82) is 0 Å². The number of nitro groups is 1. The largest absolute Gasteiger partial charge is 0.495 e. The Kier molecular flexibility index (Phi) is 8.66. The first-order chi connectivity index (χ1) is 17.4. The second kappa shape index (κ2) is 12.1. The highest BCUT2D eigenvalue weighted by molar-refractivity contribution is 6.03. The van der Waals surface area contributed by atoms with E-state index in [1.54, 1.807) is 51.7 Å². The highest BCUT2D eigenvalue weighted by Crippen LogP contribution is 2.38. The van der Waals surface area contributed by atoms with Crippen LogP contribution in [-0.4, -0.2) is 39.3 Å². The third-order valence-electron chi connectivity index (χ3n) is 5.18. The van der Waals surface area contributed by atoms with Gasteiger partial charge in [-0.3, -0.25) is 14.9 Å². The minimum atomic E-state index is -0.496. The highest BCUT2D eigenvalue weighted by atomic mass is 16.6. The smallest absolute Gasteiger partial charge is 0.276 e. The molecule has 0 aromatic heterocycles. The number of carbonyl (C=O) groups is 1. The summed E-state index contributed by atoms with van der Waals surface area (Å²) in [5.74, 6) is 1.57. The molecular formula is C27H26N2O7. The molecule has 0 fully saturated rings. The molecule has 0 radical (unpaired) electrons. The van der Waals surface area contributed by atoms with Crippen molar-refractivity contribution in [3.05, 3.63) is 87.5 Å². The third-order valence-corrected chi connectivity index (χ3v) is 5.18. The van der Waals surface area contributed by atoms with Crippen LogP contribution >= 0.6 is 0 Å². The van der Waals surface area contributed by atoms with Crippen LogP contribution in [0.15, 0.2) is 60.7 Å². The molecule has 0 aliphatic carbocycles. The molecule has 0 aliphatic heterocycles. The number of anilines is 1. The Bertz CT molecular complexity index is 1290. The van der Waals surface area contributed by atoms with Crippen LogP contribution in [0, 0.1) is 10.1 Å². The van der Waals surface area contributed by atoms with Crippen LogP contribution in [0.3, 0.4) is 0 Å². The molecule has 0 saturated heterocycles. The van der Waals surface area contributed by atoms with E-state index in [9.17, 15) is 14.9 Å². The maximum Gasteiger partial charge on any atom is 0.276 e. The molecule has 0 saturated carbocycles. The maximum atomic E-state index is 12.5. The number of carbonyl (C=O) groups excluding carboxylic acids is 1. The fourth-order valence-corrected chi connectivity index (χ4v) is 3.45. The zero-order chi connectivity index (χ0) is 26.1. The standard InChI is InChI=1S/C27H26N2O7/c1-33-23-13-11-18(9-10-19-16-24(34-2)27(36-4)25(17-19)35-3)15-21(23)28-26(30)14-12-20-7-5-6-8-22(20)29(31)32/h5-17H,1-4H3,(H,28,30)/b10-9+,14-12+. The second-order valence-corrected chi connectivity index (χ2v) is 7.39. The molecule has 0 spiro atoms. The van der Waals surface area contributed by atoms with E-state index in [1.807, 2.05) is 30.4 Å². The van der Waals surface area contributed by atoms with Crippen molar-refractivity contribution in [3.63, 3.8) is 0 Å². The van der Waals surface area contributed by atoms with E-state index >= 15 is 0 Å². The van der Waals surface area contributed by atoms with Gasteiger partial charge in [-0.05, 0) is 47.5 Å². The van der Waals surface area contributed by atoms with Crippen LogP contribution in [0.4, 0.5) is 11.4 Å². The SMILES string of the molecule is COc1ccc(/C=C/c2cc(OC)c(OC)c(OC)c2)cc1NC(=O)/C=C/c1ccccc1[N+](=O)[O-]. The van der Waals surface area contributed by atoms with Crippen LogP contribution in [0.1, 0.15) is 16.7 Å². The molecule has 1 amide bonds. The van der Waals surface area contributed by atoms with Crippen molar-refractivity contribution in [3.8, 4) is 23.0 Å². The zero-order valence-corrected chi connectivity index (χ0v) is 20.3. The molecule has 3 aromatic rings. The second-order valence-electron chi connectivity index (χ2n) is 7.39. The van der Waals surface area contributed by atoms with Crippen LogP contribution < -0.4 is 24.3 Å². The van der Waals surface area contributed by atoms with Crippen LogP contribution in [-0.2, 0) is 4.79 Å². The molecule has 186 valence electrons. The number of nitrogens with one attached hydrogen (secondary N) is 1. The van der Waals surface area contributed by atoms with Gasteiger partial charge in [0.25, 0.3) is 5.69 Å². The number of nitrogens with zero attached hydrogens (tertiary/aromatic N) is 1. The third kappa shape index (κ3) is 6.20. The Morgan fingerprint density at radius 3 is 2.06 bits per heavy atom.